The number of benzene rings is 5. The number of hydrogen-bond acceptors (Lipinski definition) is 0. The van der Waals surface area contributed by atoms with Gasteiger partial charge < -0.3 is 0 Å². The average molecular weight is 517 g/mol. The second-order valence-corrected chi connectivity index (χ2v) is 14.2. The van der Waals surface area contributed by atoms with E-state index in [1.54, 1.807) is 24.8 Å². The van der Waals surface area contributed by atoms with Crippen molar-refractivity contribution in [1.82, 2.24) is 0 Å². The van der Waals surface area contributed by atoms with Gasteiger partial charge in [-0.15, -0.1) is 0 Å². The number of rotatable bonds is 3. The lowest BCUT2D eigenvalue weighted by Gasteiger charge is -2.74. The lowest BCUT2D eigenvalue weighted by Crippen LogP contribution is -2.69. The molecule has 0 aliphatic heterocycles. The third-order valence-electron chi connectivity index (χ3n) is 12.8. The summed E-state index contributed by atoms with van der Waals surface area (Å²) in [5, 5.41) is 5.31. The molecular weight excluding hydrogens is 480 g/mol. The summed E-state index contributed by atoms with van der Waals surface area (Å²) in [4.78, 5) is 0. The first kappa shape index (κ1) is 22.3. The molecule has 0 amide bonds. The van der Waals surface area contributed by atoms with Crippen molar-refractivity contribution in [3.05, 3.63) is 109 Å². The maximum Gasteiger partial charge on any atom is 0.00178 e. The Morgan fingerprint density at radius 2 is 1.05 bits per heavy atom. The van der Waals surface area contributed by atoms with Gasteiger partial charge in [0.05, 0.1) is 0 Å². The molecule has 0 nitrogen and oxygen atoms in total. The molecule has 0 saturated heterocycles. The molecule has 12 rings (SSSR count). The molecule has 5 aromatic carbocycles. The van der Waals surface area contributed by atoms with Crippen LogP contribution in [0.1, 0.15) is 44.1 Å². The molecule has 0 radical (unpaired) electrons. The molecule has 40 heavy (non-hydrogen) atoms. The van der Waals surface area contributed by atoms with Crippen LogP contribution in [0.25, 0.3) is 43.8 Å². The molecule has 7 saturated carbocycles. The first-order valence-corrected chi connectivity index (χ1v) is 15.9. The molecule has 0 N–H and O–H groups in total. The maximum atomic E-state index is 2.56. The van der Waals surface area contributed by atoms with Crippen molar-refractivity contribution in [2.75, 3.05) is 0 Å². The summed E-state index contributed by atoms with van der Waals surface area (Å²) in [5.74, 6) is 7.19. The van der Waals surface area contributed by atoms with Gasteiger partial charge in [0.15, 0.2) is 0 Å². The number of hydrogen-bond donors (Lipinski definition) is 0. The molecule has 7 fully saturated rings. The zero-order valence-electron chi connectivity index (χ0n) is 23.1. The van der Waals surface area contributed by atoms with Gasteiger partial charge in [-0.1, -0.05) is 97.1 Å². The fourth-order valence-electron chi connectivity index (χ4n) is 11.6. The predicted octanol–water partition coefficient (Wildman–Crippen LogP) is 10.3. The first-order valence-electron chi connectivity index (χ1n) is 15.9. The van der Waals surface area contributed by atoms with Crippen LogP contribution in [0.4, 0.5) is 0 Å². The molecule has 196 valence electrons. The Labute approximate surface area is 237 Å². The molecular formula is C40H36. The average Bonchev–Trinajstić information content (AvgIpc) is 3.03. The van der Waals surface area contributed by atoms with E-state index in [9.17, 15) is 0 Å². The Morgan fingerprint density at radius 1 is 0.475 bits per heavy atom. The van der Waals surface area contributed by atoms with Crippen molar-refractivity contribution in [3.8, 4) is 22.3 Å². The van der Waals surface area contributed by atoms with Gasteiger partial charge in [0.2, 0.25) is 0 Å². The molecule has 5 aromatic rings. The van der Waals surface area contributed by atoms with Gasteiger partial charge in [0, 0.05) is 5.41 Å². The Kier molecular flexibility index (Phi) is 4.40. The zero-order chi connectivity index (χ0) is 26.0. The maximum absolute atomic E-state index is 2.56. The summed E-state index contributed by atoms with van der Waals surface area (Å²) in [6, 6.07) is 39.3. The Bertz CT molecular complexity index is 1770. The quantitative estimate of drug-likeness (QED) is 0.209. The molecule has 4 atom stereocenters. The van der Waals surface area contributed by atoms with E-state index in [0.717, 1.165) is 41.4 Å². The zero-order valence-corrected chi connectivity index (χ0v) is 23.1. The van der Waals surface area contributed by atoms with E-state index >= 15 is 0 Å². The minimum atomic E-state index is 0.503. The topological polar surface area (TPSA) is 0 Å². The lowest BCUT2D eigenvalue weighted by atomic mass is 9.30. The molecule has 7 aliphatic rings. The second-order valence-electron chi connectivity index (χ2n) is 14.2. The van der Waals surface area contributed by atoms with Gasteiger partial charge in [-0.25, -0.2) is 0 Å². The van der Waals surface area contributed by atoms with Crippen LogP contribution in [0, 0.1) is 41.4 Å². The van der Waals surface area contributed by atoms with Crippen LogP contribution in [0.5, 0.6) is 0 Å². The van der Waals surface area contributed by atoms with Crippen LogP contribution in [-0.2, 0) is 5.41 Å². The Morgan fingerprint density at radius 3 is 1.77 bits per heavy atom. The van der Waals surface area contributed by atoms with Gasteiger partial charge in [-0.2, -0.15) is 0 Å². The molecule has 8 bridgehead atoms. The third-order valence-corrected chi connectivity index (χ3v) is 12.8. The van der Waals surface area contributed by atoms with Gasteiger partial charge in [0.25, 0.3) is 0 Å². The Balaban J connectivity index is 1.01. The predicted molar refractivity (Wildman–Crippen MR) is 166 cm³/mol. The molecule has 0 aromatic heterocycles. The summed E-state index contributed by atoms with van der Waals surface area (Å²) in [6.07, 6.45) is 9.25. The van der Waals surface area contributed by atoms with E-state index in [2.05, 4.69) is 103 Å². The monoisotopic (exact) mass is 516 g/mol. The van der Waals surface area contributed by atoms with Crippen molar-refractivity contribution in [2.24, 2.45) is 41.4 Å². The van der Waals surface area contributed by atoms with Crippen molar-refractivity contribution < 1.29 is 0 Å². The minimum Gasteiger partial charge on any atom is -0.0616 e. The van der Waals surface area contributed by atoms with E-state index in [4.69, 9.17) is 0 Å². The standard InChI is InChI=1S/C40H36/c1-2-6-31-29(5-1)22-34(33-8-4-3-7-32(31)33)28-11-9-26(10-12-28)27-13-15-30(16-14-27)40-23-25-18-36-35-17-24(20-38(36)40)21-39(40)37(35)19-25/h1-16,22,24-25,35-39H,17-21,23H2. The molecule has 4 unspecified atom stereocenters. The van der Waals surface area contributed by atoms with Crippen molar-refractivity contribution in [2.45, 2.75) is 43.9 Å². The smallest absolute Gasteiger partial charge is 0.00178 e. The van der Waals surface area contributed by atoms with Crippen LogP contribution < -0.4 is 0 Å². The molecule has 0 heterocycles. The van der Waals surface area contributed by atoms with Crippen LogP contribution in [0.15, 0.2) is 103 Å². The highest BCUT2D eigenvalue weighted by atomic mass is 14.7. The van der Waals surface area contributed by atoms with Gasteiger partial charge in [-0.05, 0) is 135 Å². The highest BCUT2D eigenvalue weighted by molar-refractivity contribution is 6.13. The van der Waals surface area contributed by atoms with Gasteiger partial charge in [-0.3, -0.25) is 0 Å². The lowest BCUT2D eigenvalue weighted by molar-refractivity contribution is -0.220. The summed E-state index contributed by atoms with van der Waals surface area (Å²) >= 11 is 0. The van der Waals surface area contributed by atoms with E-state index < -0.39 is 0 Å². The fraction of sp³-hybridized carbons (Fsp3) is 0.350. The molecule has 7 aliphatic carbocycles. The number of fused-ring (bicyclic) bond motifs is 3. The van der Waals surface area contributed by atoms with Crippen LogP contribution in [0.2, 0.25) is 0 Å². The SMILES string of the molecule is c1ccc2c(c1)cc(-c1ccc(-c3ccc(C45CC6CC7C8CC(CC74)CC5C8C6)cc3)cc1)c1ccccc12. The second kappa shape index (κ2) is 7.88. The first-order chi connectivity index (χ1) is 19.8. The highest BCUT2D eigenvalue weighted by Crippen LogP contribution is 2.76. The van der Waals surface area contributed by atoms with Crippen molar-refractivity contribution in [1.29, 1.82) is 0 Å². The van der Waals surface area contributed by atoms with Gasteiger partial charge in [0.1, 0.15) is 0 Å². The summed E-state index contributed by atoms with van der Waals surface area (Å²) in [5.41, 5.74) is 7.50. The van der Waals surface area contributed by atoms with E-state index in [1.165, 1.54) is 63.1 Å². The van der Waals surface area contributed by atoms with E-state index in [1.807, 2.05) is 0 Å². The van der Waals surface area contributed by atoms with Crippen LogP contribution in [0.3, 0.4) is 0 Å². The van der Waals surface area contributed by atoms with Crippen LogP contribution >= 0.6 is 0 Å². The van der Waals surface area contributed by atoms with Crippen LogP contribution in [-0.4, -0.2) is 0 Å². The molecule has 0 heteroatoms. The normalized spacial score (nSPS) is 34.8. The summed E-state index contributed by atoms with van der Waals surface area (Å²) in [6.45, 7) is 0. The minimum absolute atomic E-state index is 0.503. The largest absolute Gasteiger partial charge is 0.0616 e. The van der Waals surface area contributed by atoms with Crippen molar-refractivity contribution >= 4 is 21.5 Å². The fourth-order valence-corrected chi connectivity index (χ4v) is 11.6. The van der Waals surface area contributed by atoms with Crippen molar-refractivity contribution in [3.63, 3.8) is 0 Å². The third kappa shape index (κ3) is 2.83. The Hall–Kier alpha value is -3.38. The van der Waals surface area contributed by atoms with E-state index in [-0.39, 0.29) is 0 Å². The summed E-state index contributed by atoms with van der Waals surface area (Å²) < 4.78 is 0. The van der Waals surface area contributed by atoms with E-state index in [0.29, 0.717) is 5.41 Å². The highest BCUT2D eigenvalue weighted by Gasteiger charge is 2.70. The summed E-state index contributed by atoms with van der Waals surface area (Å²) in [7, 11) is 0. The van der Waals surface area contributed by atoms with Gasteiger partial charge >= 0.3 is 0 Å². The molecule has 0 spiro atoms.